The first-order valence-electron chi connectivity index (χ1n) is 11.2. The lowest BCUT2D eigenvalue weighted by Crippen LogP contribution is -2.18. The van der Waals surface area contributed by atoms with Crippen LogP contribution in [0.5, 0.6) is 17.2 Å². The first kappa shape index (κ1) is 23.2. The van der Waals surface area contributed by atoms with E-state index in [2.05, 4.69) is 9.97 Å². The van der Waals surface area contributed by atoms with Gasteiger partial charge in [-0.25, -0.2) is 14.8 Å². The van der Waals surface area contributed by atoms with Crippen molar-refractivity contribution < 1.29 is 29.2 Å². The summed E-state index contributed by atoms with van der Waals surface area (Å²) in [6, 6.07) is 6.77. The summed E-state index contributed by atoms with van der Waals surface area (Å²) in [4.78, 5) is 24.4. The number of carboxylic acids is 1. The predicted octanol–water partition coefficient (Wildman–Crippen LogP) is 4.89. The van der Waals surface area contributed by atoms with Gasteiger partial charge in [0.2, 0.25) is 0 Å². The number of carboxylic acid groups (broad SMARTS) is 1. The van der Waals surface area contributed by atoms with E-state index in [-0.39, 0.29) is 36.0 Å². The third-order valence-corrected chi connectivity index (χ3v) is 6.06. The number of allylic oxidation sites excluding steroid dienone is 2. The van der Waals surface area contributed by atoms with Crippen LogP contribution in [0, 0.1) is 12.3 Å². The van der Waals surface area contributed by atoms with E-state index in [1.807, 2.05) is 12.1 Å². The van der Waals surface area contributed by atoms with Gasteiger partial charge < -0.3 is 34.8 Å². The van der Waals surface area contributed by atoms with Crippen LogP contribution in [-0.2, 0) is 0 Å². The Morgan fingerprint density at radius 1 is 1.08 bits per heavy atom. The average molecular weight is 489 g/mol. The summed E-state index contributed by atoms with van der Waals surface area (Å²) >= 11 is 0. The number of benzene rings is 2. The number of H-pyrrole nitrogens is 1. The molecule has 5 rings (SSSR count). The number of aliphatic hydroxyl groups is 1. The topological polar surface area (TPSA) is 151 Å². The Labute approximate surface area is 205 Å². The van der Waals surface area contributed by atoms with Crippen LogP contribution < -0.4 is 14.2 Å². The highest BCUT2D eigenvalue weighted by atomic mass is 16.6. The highest BCUT2D eigenvalue weighted by Gasteiger charge is 2.27. The SMILES string of the molecule is COc1cc2c(cc1/C(C(C)=N)=C(\C)O)[nH]c1nc(C)nc(-c3ccc(C(=O)O)c4c3OCCO4)c12. The van der Waals surface area contributed by atoms with Crippen LogP contribution in [0.3, 0.4) is 0 Å². The molecule has 1 aliphatic heterocycles. The Balaban J connectivity index is 1.85. The number of hydrogen-bond donors (Lipinski definition) is 4. The molecule has 184 valence electrons. The van der Waals surface area contributed by atoms with Gasteiger partial charge in [0.1, 0.15) is 36.0 Å². The van der Waals surface area contributed by atoms with Crippen molar-refractivity contribution in [2.45, 2.75) is 20.8 Å². The van der Waals surface area contributed by atoms with Crippen LogP contribution in [0.4, 0.5) is 0 Å². The third kappa shape index (κ3) is 3.58. The number of methoxy groups -OCH3 is 1. The standard InChI is InChI=1S/C26H24N4O6/c1-11(27)20(12(2)31)17-9-18-16(10-19(17)34-4)21-22(28-13(3)29-25(21)30-18)14-5-6-15(26(32)33)24-23(14)35-7-8-36-24/h5-6,9-10,27,31H,7-8H2,1-4H3,(H,32,33)(H,28,29,30)/b20-12+,27-11?. The average Bonchev–Trinajstić information content (AvgIpc) is 3.18. The van der Waals surface area contributed by atoms with Crippen LogP contribution in [-0.4, -0.2) is 57.2 Å². The van der Waals surface area contributed by atoms with E-state index in [1.165, 1.54) is 20.1 Å². The van der Waals surface area contributed by atoms with Gasteiger partial charge in [-0.2, -0.15) is 0 Å². The lowest BCUT2D eigenvalue weighted by Gasteiger charge is -2.22. The van der Waals surface area contributed by atoms with Crippen molar-refractivity contribution in [3.63, 3.8) is 0 Å². The van der Waals surface area contributed by atoms with Crippen LogP contribution in [0.25, 0.3) is 38.8 Å². The molecule has 10 nitrogen and oxygen atoms in total. The second kappa shape index (κ2) is 8.56. The van der Waals surface area contributed by atoms with Crippen molar-refractivity contribution in [3.8, 4) is 28.5 Å². The second-order valence-corrected chi connectivity index (χ2v) is 8.47. The van der Waals surface area contributed by atoms with Crippen molar-refractivity contribution in [2.75, 3.05) is 20.3 Å². The molecule has 0 saturated heterocycles. The molecule has 2 aromatic carbocycles. The lowest BCUT2D eigenvalue weighted by atomic mass is 9.97. The zero-order chi connectivity index (χ0) is 25.7. The highest BCUT2D eigenvalue weighted by molar-refractivity contribution is 6.23. The smallest absolute Gasteiger partial charge is 0.339 e. The van der Waals surface area contributed by atoms with Crippen molar-refractivity contribution in [3.05, 3.63) is 47.0 Å². The largest absolute Gasteiger partial charge is 0.512 e. The Kier molecular flexibility index (Phi) is 5.51. The number of rotatable bonds is 5. The summed E-state index contributed by atoms with van der Waals surface area (Å²) in [5.41, 5.74) is 3.55. The summed E-state index contributed by atoms with van der Waals surface area (Å²) < 4.78 is 17.2. The predicted molar refractivity (Wildman–Crippen MR) is 135 cm³/mol. The Hall–Kier alpha value is -4.60. The fraction of sp³-hybridized carbons (Fsp3) is 0.231. The molecule has 0 amide bonds. The zero-order valence-corrected chi connectivity index (χ0v) is 20.1. The number of fused-ring (bicyclic) bond motifs is 4. The minimum absolute atomic E-state index is 0.00915. The molecule has 0 radical (unpaired) electrons. The van der Waals surface area contributed by atoms with E-state index < -0.39 is 5.97 Å². The number of aliphatic hydroxyl groups excluding tert-OH is 1. The second-order valence-electron chi connectivity index (χ2n) is 8.47. The molecule has 3 heterocycles. The maximum absolute atomic E-state index is 11.8. The highest BCUT2D eigenvalue weighted by Crippen LogP contribution is 2.45. The van der Waals surface area contributed by atoms with Gasteiger partial charge in [0.25, 0.3) is 0 Å². The number of aromatic amines is 1. The number of carbonyl (C=O) groups is 1. The Morgan fingerprint density at radius 2 is 1.81 bits per heavy atom. The van der Waals surface area contributed by atoms with Crippen molar-refractivity contribution >= 4 is 39.2 Å². The van der Waals surface area contributed by atoms with Gasteiger partial charge in [-0.1, -0.05) is 0 Å². The molecule has 4 N–H and O–H groups in total. The molecule has 10 heteroatoms. The molecule has 0 saturated carbocycles. The normalized spacial score (nSPS) is 13.6. The van der Waals surface area contributed by atoms with Gasteiger partial charge in [-0.3, -0.25) is 0 Å². The van der Waals surface area contributed by atoms with E-state index in [9.17, 15) is 15.0 Å². The first-order valence-corrected chi connectivity index (χ1v) is 11.2. The van der Waals surface area contributed by atoms with Gasteiger partial charge >= 0.3 is 5.97 Å². The monoisotopic (exact) mass is 488 g/mol. The fourth-order valence-electron chi connectivity index (χ4n) is 4.65. The summed E-state index contributed by atoms with van der Waals surface area (Å²) in [6.45, 7) is 5.42. The van der Waals surface area contributed by atoms with E-state index in [4.69, 9.17) is 24.6 Å². The van der Waals surface area contributed by atoms with Gasteiger partial charge in [0.05, 0.1) is 23.9 Å². The maximum Gasteiger partial charge on any atom is 0.339 e. The molecule has 0 aliphatic carbocycles. The molecule has 0 bridgehead atoms. The van der Waals surface area contributed by atoms with Crippen molar-refractivity contribution in [1.82, 2.24) is 15.0 Å². The molecule has 0 spiro atoms. The number of nitrogens with one attached hydrogen (secondary N) is 2. The number of aromatic carboxylic acids is 1. The number of nitrogens with zero attached hydrogens (tertiary/aromatic N) is 2. The van der Waals surface area contributed by atoms with Gasteiger partial charge in [0.15, 0.2) is 11.5 Å². The molecular weight excluding hydrogens is 464 g/mol. The molecule has 1 aliphatic rings. The molecule has 36 heavy (non-hydrogen) atoms. The Bertz CT molecular complexity index is 1610. The number of aryl methyl sites for hydroxylation is 1. The number of ether oxygens (including phenoxy) is 3. The molecular formula is C26H24N4O6. The quantitative estimate of drug-likeness (QED) is 0.229. The van der Waals surface area contributed by atoms with Crippen LogP contribution in [0.15, 0.2) is 30.0 Å². The third-order valence-electron chi connectivity index (χ3n) is 6.06. The van der Waals surface area contributed by atoms with Crippen molar-refractivity contribution in [2.24, 2.45) is 0 Å². The molecule has 0 unspecified atom stereocenters. The van der Waals surface area contributed by atoms with Gasteiger partial charge in [-0.05, 0) is 45.0 Å². The van der Waals surface area contributed by atoms with E-state index in [0.717, 1.165) is 5.39 Å². The first-order chi connectivity index (χ1) is 17.2. The minimum atomic E-state index is -1.11. The lowest BCUT2D eigenvalue weighted by molar-refractivity contribution is 0.0686. The van der Waals surface area contributed by atoms with Crippen LogP contribution in [0.1, 0.15) is 35.6 Å². The Morgan fingerprint density at radius 3 is 2.44 bits per heavy atom. The minimum Gasteiger partial charge on any atom is -0.512 e. The molecule has 2 aromatic heterocycles. The van der Waals surface area contributed by atoms with E-state index >= 15 is 0 Å². The summed E-state index contributed by atoms with van der Waals surface area (Å²) in [5, 5.41) is 29.5. The molecule has 4 aromatic rings. The summed E-state index contributed by atoms with van der Waals surface area (Å²) in [5.74, 6) is 0.360. The number of hydrogen-bond acceptors (Lipinski definition) is 8. The summed E-state index contributed by atoms with van der Waals surface area (Å²) in [7, 11) is 1.52. The molecule has 0 fully saturated rings. The summed E-state index contributed by atoms with van der Waals surface area (Å²) in [6.07, 6.45) is 0. The fourth-order valence-corrected chi connectivity index (χ4v) is 4.65. The number of aromatic nitrogens is 3. The van der Waals surface area contributed by atoms with Crippen LogP contribution in [0.2, 0.25) is 0 Å². The molecule has 0 atom stereocenters. The van der Waals surface area contributed by atoms with Crippen molar-refractivity contribution in [1.29, 1.82) is 5.41 Å². The van der Waals surface area contributed by atoms with E-state index in [0.29, 0.717) is 56.3 Å². The van der Waals surface area contributed by atoms with Gasteiger partial charge in [-0.15, -0.1) is 0 Å². The van der Waals surface area contributed by atoms with Crippen LogP contribution >= 0.6 is 0 Å². The van der Waals surface area contributed by atoms with Gasteiger partial charge in [0, 0.05) is 33.3 Å². The maximum atomic E-state index is 11.8. The zero-order valence-electron chi connectivity index (χ0n) is 20.1. The van der Waals surface area contributed by atoms with E-state index in [1.54, 1.807) is 19.9 Å².